The molecule has 0 spiro atoms. The molecule has 0 fully saturated rings. The Balaban J connectivity index is 2.12. The van der Waals surface area contributed by atoms with Crippen molar-refractivity contribution >= 4 is 11.8 Å². The summed E-state index contributed by atoms with van der Waals surface area (Å²) in [6, 6.07) is 16.3. The molecule has 6 heteroatoms. The van der Waals surface area contributed by atoms with Gasteiger partial charge in [0.2, 0.25) is 5.79 Å². The van der Waals surface area contributed by atoms with Crippen molar-refractivity contribution in [2.45, 2.75) is 18.8 Å². The number of hydrogen-bond acceptors (Lipinski definition) is 5. The SMILES string of the molecule is COc1cccc(NC(=O)OC(C)C(OC)(OC)c2ccccc2)c1. The van der Waals surface area contributed by atoms with E-state index in [-0.39, 0.29) is 0 Å². The van der Waals surface area contributed by atoms with Crippen LogP contribution in [0.25, 0.3) is 0 Å². The zero-order valence-corrected chi connectivity index (χ0v) is 14.8. The second-order valence-electron chi connectivity index (χ2n) is 5.35. The van der Waals surface area contributed by atoms with Crippen LogP contribution in [0.5, 0.6) is 5.75 Å². The third-order valence-electron chi connectivity index (χ3n) is 3.92. The van der Waals surface area contributed by atoms with Crippen LogP contribution in [-0.2, 0) is 20.0 Å². The third-order valence-corrected chi connectivity index (χ3v) is 3.92. The highest BCUT2D eigenvalue weighted by Crippen LogP contribution is 2.32. The van der Waals surface area contributed by atoms with Crippen LogP contribution in [0.2, 0.25) is 0 Å². The van der Waals surface area contributed by atoms with Crippen LogP contribution >= 0.6 is 0 Å². The van der Waals surface area contributed by atoms with Crippen LogP contribution in [0, 0.1) is 0 Å². The molecule has 2 rings (SSSR count). The summed E-state index contributed by atoms with van der Waals surface area (Å²) in [6.07, 6.45) is -1.31. The smallest absolute Gasteiger partial charge is 0.412 e. The fourth-order valence-electron chi connectivity index (χ4n) is 2.64. The lowest BCUT2D eigenvalue weighted by Gasteiger charge is -2.35. The Hall–Kier alpha value is -2.57. The second-order valence-corrected chi connectivity index (χ2v) is 5.35. The van der Waals surface area contributed by atoms with Gasteiger partial charge in [-0.3, -0.25) is 5.32 Å². The minimum Gasteiger partial charge on any atom is -0.497 e. The minimum absolute atomic E-state index is 0.566. The van der Waals surface area contributed by atoms with Gasteiger partial charge in [0.1, 0.15) is 5.75 Å². The first-order valence-electron chi connectivity index (χ1n) is 7.83. The molecule has 0 aliphatic rings. The Kier molecular flexibility index (Phi) is 6.38. The number of rotatable bonds is 7. The lowest BCUT2D eigenvalue weighted by Crippen LogP contribution is -2.44. The minimum atomic E-state index is -1.20. The average Bonchev–Trinajstić information content (AvgIpc) is 2.64. The van der Waals surface area contributed by atoms with Gasteiger partial charge in [0.15, 0.2) is 6.10 Å². The molecular weight excluding hydrogens is 322 g/mol. The third kappa shape index (κ3) is 4.29. The topological polar surface area (TPSA) is 66.0 Å². The monoisotopic (exact) mass is 345 g/mol. The van der Waals surface area contributed by atoms with Gasteiger partial charge in [-0.1, -0.05) is 36.4 Å². The Morgan fingerprint density at radius 3 is 2.28 bits per heavy atom. The molecule has 25 heavy (non-hydrogen) atoms. The van der Waals surface area contributed by atoms with Gasteiger partial charge in [0.25, 0.3) is 0 Å². The second kappa shape index (κ2) is 8.50. The molecule has 0 aromatic heterocycles. The highest BCUT2D eigenvalue weighted by Gasteiger charge is 2.41. The van der Waals surface area contributed by atoms with E-state index in [0.717, 1.165) is 5.56 Å². The number of amides is 1. The van der Waals surface area contributed by atoms with E-state index in [1.807, 2.05) is 30.3 Å². The Morgan fingerprint density at radius 2 is 1.68 bits per heavy atom. The van der Waals surface area contributed by atoms with Crippen LogP contribution in [0.3, 0.4) is 0 Å². The maximum Gasteiger partial charge on any atom is 0.412 e. The van der Waals surface area contributed by atoms with Crippen molar-refractivity contribution in [3.63, 3.8) is 0 Å². The quantitative estimate of drug-likeness (QED) is 0.774. The molecule has 2 aromatic rings. The lowest BCUT2D eigenvalue weighted by molar-refractivity contribution is -0.263. The molecule has 0 bridgehead atoms. The van der Waals surface area contributed by atoms with E-state index in [4.69, 9.17) is 18.9 Å². The summed E-state index contributed by atoms with van der Waals surface area (Å²) in [7, 11) is 4.58. The van der Waals surface area contributed by atoms with E-state index in [9.17, 15) is 4.79 Å². The van der Waals surface area contributed by atoms with E-state index in [1.165, 1.54) is 14.2 Å². The summed E-state index contributed by atoms with van der Waals surface area (Å²) < 4.78 is 21.8. The predicted octanol–water partition coefficient (Wildman–Crippen LogP) is 3.78. The van der Waals surface area contributed by atoms with Gasteiger partial charge >= 0.3 is 6.09 Å². The van der Waals surface area contributed by atoms with Crippen molar-refractivity contribution in [3.8, 4) is 5.75 Å². The number of ether oxygens (including phenoxy) is 4. The molecule has 0 saturated carbocycles. The summed E-state index contributed by atoms with van der Waals surface area (Å²) in [5.41, 5.74) is 1.32. The van der Waals surface area contributed by atoms with Crippen molar-refractivity contribution < 1.29 is 23.7 Å². The maximum absolute atomic E-state index is 12.2. The summed E-state index contributed by atoms with van der Waals surface area (Å²) in [4.78, 5) is 12.2. The predicted molar refractivity (Wildman–Crippen MR) is 94.7 cm³/mol. The van der Waals surface area contributed by atoms with E-state index in [2.05, 4.69) is 5.32 Å². The van der Waals surface area contributed by atoms with Crippen LogP contribution in [0.15, 0.2) is 54.6 Å². The summed E-state index contributed by atoms with van der Waals surface area (Å²) >= 11 is 0. The molecule has 1 atom stereocenters. The number of anilines is 1. The molecule has 6 nitrogen and oxygen atoms in total. The Morgan fingerprint density at radius 1 is 1.00 bits per heavy atom. The molecule has 0 aliphatic heterocycles. The normalized spacial score (nSPS) is 12.3. The molecule has 2 aromatic carbocycles. The fraction of sp³-hybridized carbons (Fsp3) is 0.316. The van der Waals surface area contributed by atoms with Crippen molar-refractivity contribution in [3.05, 3.63) is 60.2 Å². The van der Waals surface area contributed by atoms with Crippen molar-refractivity contribution in [2.75, 3.05) is 26.6 Å². The van der Waals surface area contributed by atoms with E-state index < -0.39 is 18.0 Å². The highest BCUT2D eigenvalue weighted by atomic mass is 16.7. The van der Waals surface area contributed by atoms with Gasteiger partial charge in [-0.2, -0.15) is 0 Å². The van der Waals surface area contributed by atoms with E-state index in [1.54, 1.807) is 38.3 Å². The maximum atomic E-state index is 12.2. The molecule has 1 N–H and O–H groups in total. The molecule has 0 heterocycles. The summed E-state index contributed by atoms with van der Waals surface area (Å²) in [5, 5.41) is 2.67. The van der Waals surface area contributed by atoms with Crippen molar-refractivity contribution in [1.29, 1.82) is 0 Å². The molecule has 1 amide bonds. The van der Waals surface area contributed by atoms with E-state index >= 15 is 0 Å². The van der Waals surface area contributed by atoms with Gasteiger partial charge in [-0.05, 0) is 19.1 Å². The average molecular weight is 345 g/mol. The van der Waals surface area contributed by atoms with E-state index in [0.29, 0.717) is 11.4 Å². The molecule has 0 saturated heterocycles. The van der Waals surface area contributed by atoms with Crippen LogP contribution in [0.1, 0.15) is 12.5 Å². The first kappa shape index (κ1) is 18.8. The fourth-order valence-corrected chi connectivity index (χ4v) is 2.64. The number of carbonyl (C=O) groups excluding carboxylic acids is 1. The molecule has 0 radical (unpaired) electrons. The lowest BCUT2D eigenvalue weighted by atomic mass is 10.0. The number of nitrogens with one attached hydrogen (secondary N) is 1. The first-order chi connectivity index (χ1) is 12.1. The number of carbonyl (C=O) groups is 1. The zero-order chi connectivity index (χ0) is 18.3. The van der Waals surface area contributed by atoms with Crippen molar-refractivity contribution in [2.24, 2.45) is 0 Å². The highest BCUT2D eigenvalue weighted by molar-refractivity contribution is 5.85. The van der Waals surface area contributed by atoms with Crippen LogP contribution in [-0.4, -0.2) is 33.5 Å². The zero-order valence-electron chi connectivity index (χ0n) is 14.8. The largest absolute Gasteiger partial charge is 0.497 e. The van der Waals surface area contributed by atoms with Gasteiger partial charge in [-0.25, -0.2) is 4.79 Å². The molecule has 0 aliphatic carbocycles. The number of methoxy groups -OCH3 is 3. The summed E-state index contributed by atoms with van der Waals surface area (Å²) in [5.74, 6) is -0.564. The Bertz CT molecular complexity index is 685. The van der Waals surface area contributed by atoms with Gasteiger partial charge in [-0.15, -0.1) is 0 Å². The van der Waals surface area contributed by atoms with Crippen molar-refractivity contribution in [1.82, 2.24) is 0 Å². The van der Waals surface area contributed by atoms with Gasteiger partial charge in [0, 0.05) is 31.5 Å². The number of hydrogen-bond donors (Lipinski definition) is 1. The number of benzene rings is 2. The standard InChI is InChI=1S/C19H23NO5/c1-14(19(23-3,24-4)15-9-6-5-7-10-15)25-18(21)20-16-11-8-12-17(13-16)22-2/h5-14H,1-4H3,(H,20,21). The summed E-state index contributed by atoms with van der Waals surface area (Å²) in [6.45, 7) is 1.71. The van der Waals surface area contributed by atoms with Gasteiger partial charge in [0.05, 0.1) is 7.11 Å². The Labute approximate surface area is 147 Å². The first-order valence-corrected chi connectivity index (χ1v) is 7.83. The molecular formula is C19H23NO5. The molecule has 1 unspecified atom stereocenters. The molecule has 134 valence electrons. The van der Waals surface area contributed by atoms with Crippen LogP contribution in [0.4, 0.5) is 10.5 Å². The van der Waals surface area contributed by atoms with Crippen LogP contribution < -0.4 is 10.1 Å². The van der Waals surface area contributed by atoms with Gasteiger partial charge < -0.3 is 18.9 Å².